The van der Waals surface area contributed by atoms with Crippen LogP contribution in [0.25, 0.3) is 11.2 Å². The van der Waals surface area contributed by atoms with E-state index in [0.29, 0.717) is 0 Å². The predicted octanol–water partition coefficient (Wildman–Crippen LogP) is -2.62. The summed E-state index contributed by atoms with van der Waals surface area (Å²) < 4.78 is 57.2. The van der Waals surface area contributed by atoms with Crippen LogP contribution in [0.4, 0.5) is 5.95 Å². The van der Waals surface area contributed by atoms with Crippen molar-refractivity contribution >= 4 is 40.6 Å². The molecule has 0 spiro atoms. The number of hydrogen-bond donors (Lipinski definition) is 2. The number of nitrogens with two attached hydrogens (primary N) is 1. The van der Waals surface area contributed by atoms with Crippen molar-refractivity contribution in [3.05, 3.63) is 29.3 Å². The van der Waals surface area contributed by atoms with Gasteiger partial charge in [-0.05, 0) is 0 Å². The highest BCUT2D eigenvalue weighted by Crippen LogP contribution is 2.60. The Labute approximate surface area is 189 Å². The summed E-state index contributed by atoms with van der Waals surface area (Å²) in [5, 5.41) is 0. The van der Waals surface area contributed by atoms with Crippen LogP contribution in [0.5, 0.6) is 0 Å². The van der Waals surface area contributed by atoms with Crippen molar-refractivity contribution in [3.8, 4) is 0 Å². The van der Waals surface area contributed by atoms with Crippen LogP contribution < -0.4 is 30.9 Å². The quantitative estimate of drug-likeness (QED) is 0.217. The Bertz CT molecular complexity index is 1260. The van der Waals surface area contributed by atoms with Gasteiger partial charge >= 0.3 is 0 Å². The second-order valence-electron chi connectivity index (χ2n) is 6.60. The van der Waals surface area contributed by atoms with E-state index >= 15 is 0 Å². The van der Waals surface area contributed by atoms with E-state index in [1.54, 1.807) is 0 Å². The molecule has 34 heavy (non-hydrogen) atoms. The highest BCUT2D eigenvalue weighted by molar-refractivity contribution is 7.64. The van der Waals surface area contributed by atoms with Gasteiger partial charge in [-0.1, -0.05) is 6.08 Å². The minimum atomic E-state index is -6.12. The highest BCUT2D eigenvalue weighted by atomic mass is 31.3. The standard InChI is InChI=1S/C13H20N5O13P3/c1-2-3-27-7-4-9(18-6-15-10-11(18)16-13(14)17-12(10)19)29-8(7)5-28-33(23,24)31-34(25,26)30-32(20,21)22/h2,6-9H,1,3-5H2,(H,23,24)(H,25,26)(H2,20,21,22)(H3,14,16,17,19)/p-4/t7?,8-,9-/m1/s1. The van der Waals surface area contributed by atoms with E-state index in [1.165, 1.54) is 17.0 Å². The molecule has 1 saturated heterocycles. The second-order valence-corrected chi connectivity index (χ2v) is 10.8. The van der Waals surface area contributed by atoms with E-state index in [2.05, 4.69) is 34.7 Å². The number of imidazole rings is 1. The Kier molecular flexibility index (Phi) is 7.94. The number of nitrogens with zero attached hydrogens (tertiary/aromatic N) is 3. The molecule has 3 rings (SSSR count). The zero-order valence-corrected chi connectivity index (χ0v) is 19.5. The number of hydrogen-bond acceptors (Lipinski definition) is 16. The molecule has 0 amide bonds. The molecule has 1 aliphatic rings. The van der Waals surface area contributed by atoms with Crippen molar-refractivity contribution in [2.24, 2.45) is 0 Å². The van der Waals surface area contributed by atoms with Crippen LogP contribution in [0.1, 0.15) is 12.6 Å². The molecule has 0 aliphatic carbocycles. The molecule has 3 N–H and O–H groups in total. The lowest BCUT2D eigenvalue weighted by molar-refractivity contribution is -0.339. The largest absolute Gasteiger partial charge is 0.790 e. The molecule has 190 valence electrons. The molecular weight excluding hydrogens is 527 g/mol. The third kappa shape index (κ3) is 6.88. The number of nitrogens with one attached hydrogen (secondary N) is 1. The fraction of sp³-hybridized carbons (Fsp3) is 0.462. The number of phosphoric ester groups is 1. The van der Waals surface area contributed by atoms with E-state index < -0.39 is 54.1 Å². The van der Waals surface area contributed by atoms with Crippen molar-refractivity contribution < 1.29 is 55.9 Å². The van der Waals surface area contributed by atoms with Crippen LogP contribution in [0.15, 0.2) is 23.8 Å². The van der Waals surface area contributed by atoms with E-state index in [9.17, 15) is 38.1 Å². The maximum absolute atomic E-state index is 12.0. The molecule has 3 unspecified atom stereocenters. The Morgan fingerprint density at radius 1 is 1.26 bits per heavy atom. The molecule has 2 aromatic heterocycles. The van der Waals surface area contributed by atoms with Gasteiger partial charge in [0.05, 0.1) is 33.5 Å². The molecule has 0 saturated carbocycles. The first-order chi connectivity index (χ1) is 15.7. The molecule has 0 aromatic carbocycles. The first-order valence-corrected chi connectivity index (χ1v) is 13.4. The van der Waals surface area contributed by atoms with Gasteiger partial charge in [-0.3, -0.25) is 27.8 Å². The summed E-state index contributed by atoms with van der Waals surface area (Å²) in [6.07, 6.45) is -0.166. The summed E-state index contributed by atoms with van der Waals surface area (Å²) >= 11 is 0. The molecule has 0 bridgehead atoms. The van der Waals surface area contributed by atoms with E-state index in [-0.39, 0.29) is 30.1 Å². The van der Waals surface area contributed by atoms with Crippen LogP contribution in [-0.4, -0.2) is 44.9 Å². The normalized spacial score (nSPS) is 24.6. The first kappa shape index (κ1) is 26.8. The molecule has 5 atom stereocenters. The minimum Gasteiger partial charge on any atom is -0.790 e. The molecule has 2 aromatic rings. The van der Waals surface area contributed by atoms with Gasteiger partial charge in [-0.2, -0.15) is 4.98 Å². The highest BCUT2D eigenvalue weighted by Gasteiger charge is 2.39. The van der Waals surface area contributed by atoms with Crippen LogP contribution >= 0.6 is 23.5 Å². The molecule has 18 nitrogen and oxygen atoms in total. The average Bonchev–Trinajstić information content (AvgIpc) is 3.25. The summed E-state index contributed by atoms with van der Waals surface area (Å²) in [6, 6.07) is 0. The van der Waals surface area contributed by atoms with Crippen molar-refractivity contribution in [2.75, 3.05) is 18.9 Å². The van der Waals surface area contributed by atoms with Gasteiger partial charge in [0.25, 0.3) is 21.2 Å². The Morgan fingerprint density at radius 3 is 2.62 bits per heavy atom. The van der Waals surface area contributed by atoms with Crippen LogP contribution in [0, 0.1) is 0 Å². The van der Waals surface area contributed by atoms with Crippen molar-refractivity contribution in [1.82, 2.24) is 19.5 Å². The fourth-order valence-corrected chi connectivity index (χ4v) is 5.86. The number of phosphoric acid groups is 3. The first-order valence-electron chi connectivity index (χ1n) is 9.01. The third-order valence-corrected chi connectivity index (χ3v) is 7.83. The molecule has 0 radical (unpaired) electrons. The fourth-order valence-electron chi connectivity index (χ4n) is 2.99. The van der Waals surface area contributed by atoms with E-state index in [4.69, 9.17) is 15.2 Å². The number of H-pyrrole nitrogens is 1. The van der Waals surface area contributed by atoms with Crippen LogP contribution in [0.2, 0.25) is 0 Å². The number of aromatic amines is 1. The van der Waals surface area contributed by atoms with Gasteiger partial charge in [0, 0.05) is 6.42 Å². The van der Waals surface area contributed by atoms with Crippen molar-refractivity contribution in [2.45, 2.75) is 24.9 Å². The maximum atomic E-state index is 12.0. The number of nitrogen functional groups attached to an aromatic ring is 1. The van der Waals surface area contributed by atoms with E-state index in [1.807, 2.05) is 0 Å². The Morgan fingerprint density at radius 2 is 1.97 bits per heavy atom. The third-order valence-electron chi connectivity index (χ3n) is 4.17. The SMILES string of the molecule is C=CCOC1C[C@H](n2cnc3c(=O)[nH]c(N)nc32)O[C@@H]1COP(=O)([O-])OP(=O)([O-])OP(=O)([O-])[O-]. The molecule has 1 aliphatic heterocycles. The van der Waals surface area contributed by atoms with Gasteiger partial charge in [0.1, 0.15) is 12.3 Å². The second kappa shape index (κ2) is 10.1. The maximum Gasteiger partial charge on any atom is 0.280 e. The predicted molar refractivity (Wildman–Crippen MR) is 102 cm³/mol. The molecule has 21 heteroatoms. The molecule has 3 heterocycles. The van der Waals surface area contributed by atoms with Crippen molar-refractivity contribution in [1.29, 1.82) is 0 Å². The minimum absolute atomic E-state index is 0.0181. The van der Waals surface area contributed by atoms with Gasteiger partial charge < -0.3 is 43.9 Å². The number of ether oxygens (including phenoxy) is 2. The summed E-state index contributed by atoms with van der Waals surface area (Å²) in [5.74, 6) is -0.189. The average molecular weight is 543 g/mol. The lowest BCUT2D eigenvalue weighted by atomic mass is 10.2. The van der Waals surface area contributed by atoms with Crippen LogP contribution in [0.3, 0.4) is 0 Å². The Balaban J connectivity index is 1.75. The number of rotatable bonds is 11. The lowest BCUT2D eigenvalue weighted by Gasteiger charge is -2.37. The van der Waals surface area contributed by atoms with Gasteiger partial charge in [-0.15, -0.1) is 6.58 Å². The van der Waals surface area contributed by atoms with Crippen LogP contribution in [-0.2, 0) is 36.3 Å². The topological polar surface area (TPSA) is 279 Å². The summed E-state index contributed by atoms with van der Waals surface area (Å²) in [7, 11) is -18.0. The van der Waals surface area contributed by atoms with Gasteiger partial charge in [-0.25, -0.2) is 9.29 Å². The number of fused-ring (bicyclic) bond motifs is 1. The smallest absolute Gasteiger partial charge is 0.280 e. The zero-order chi connectivity index (χ0) is 25.3. The van der Waals surface area contributed by atoms with E-state index in [0.717, 1.165) is 0 Å². The molecular formula is C13H16N5O13P3-4. The Hall–Kier alpha value is -1.78. The van der Waals surface area contributed by atoms with Crippen molar-refractivity contribution in [3.63, 3.8) is 0 Å². The van der Waals surface area contributed by atoms with Gasteiger partial charge in [0.2, 0.25) is 5.95 Å². The lowest BCUT2D eigenvalue weighted by Crippen LogP contribution is -2.30. The summed E-state index contributed by atoms with van der Waals surface area (Å²) in [6.45, 7) is 2.65. The molecule has 1 fully saturated rings. The number of aromatic nitrogens is 4. The summed E-state index contributed by atoms with van der Waals surface area (Å²) in [5.41, 5.74) is 4.98. The number of anilines is 1. The van der Waals surface area contributed by atoms with Gasteiger partial charge in [0.15, 0.2) is 11.2 Å². The monoisotopic (exact) mass is 543 g/mol. The zero-order valence-electron chi connectivity index (χ0n) is 16.8. The summed E-state index contributed by atoms with van der Waals surface area (Å²) in [4.78, 5) is 66.1.